The number of carbonyl (C=O) groups excluding carboxylic acids is 2. The van der Waals surface area contributed by atoms with E-state index in [4.69, 9.17) is 0 Å². The quantitative estimate of drug-likeness (QED) is 0.780. The summed E-state index contributed by atoms with van der Waals surface area (Å²) >= 11 is 1.76. The molecule has 0 saturated carbocycles. The van der Waals surface area contributed by atoms with Gasteiger partial charge in [-0.15, -0.1) is 0 Å². The molecule has 1 aliphatic heterocycles. The molecule has 0 radical (unpaired) electrons. The molecule has 0 aliphatic carbocycles. The van der Waals surface area contributed by atoms with Crippen molar-refractivity contribution in [2.45, 2.75) is 38.8 Å². The highest BCUT2D eigenvalue weighted by atomic mass is 32.2. The van der Waals surface area contributed by atoms with Crippen molar-refractivity contribution >= 4 is 23.6 Å². The second kappa shape index (κ2) is 6.13. The number of nitrogens with zero attached hydrogens (tertiary/aromatic N) is 1. The van der Waals surface area contributed by atoms with Gasteiger partial charge in [-0.05, 0) is 31.8 Å². The van der Waals surface area contributed by atoms with Crippen LogP contribution in [0.25, 0.3) is 0 Å². The van der Waals surface area contributed by atoms with Gasteiger partial charge in [0.2, 0.25) is 11.8 Å². The van der Waals surface area contributed by atoms with Crippen molar-refractivity contribution in [2.75, 3.05) is 18.6 Å². The highest BCUT2D eigenvalue weighted by Gasteiger charge is 2.33. The molecule has 5 heteroatoms. The van der Waals surface area contributed by atoms with Crippen molar-refractivity contribution in [1.29, 1.82) is 0 Å². The normalized spacial score (nSPS) is 23.2. The first-order chi connectivity index (χ1) is 7.60. The fourth-order valence-electron chi connectivity index (χ4n) is 1.83. The lowest BCUT2D eigenvalue weighted by atomic mass is 10.1. The summed E-state index contributed by atoms with van der Waals surface area (Å²) in [6, 6.07) is -0.168. The van der Waals surface area contributed by atoms with Gasteiger partial charge in [-0.1, -0.05) is 6.92 Å². The van der Waals surface area contributed by atoms with Crippen molar-refractivity contribution in [3.8, 4) is 0 Å². The Labute approximate surface area is 101 Å². The first-order valence-corrected chi connectivity index (χ1v) is 7.08. The summed E-state index contributed by atoms with van der Waals surface area (Å²) in [5, 5.41) is 2.72. The van der Waals surface area contributed by atoms with Gasteiger partial charge in [-0.25, -0.2) is 0 Å². The van der Waals surface area contributed by atoms with Crippen LogP contribution in [0.5, 0.6) is 0 Å². The predicted octanol–water partition coefficient (Wildman–Crippen LogP) is 0.865. The van der Waals surface area contributed by atoms with Gasteiger partial charge in [0.25, 0.3) is 0 Å². The molecule has 0 aromatic rings. The molecule has 0 aromatic heterocycles. The predicted molar refractivity (Wildman–Crippen MR) is 66.4 cm³/mol. The first kappa shape index (κ1) is 13.4. The van der Waals surface area contributed by atoms with Crippen LogP contribution < -0.4 is 5.32 Å². The van der Waals surface area contributed by atoms with Crippen LogP contribution in [0.15, 0.2) is 0 Å². The smallest absolute Gasteiger partial charge is 0.245 e. The van der Waals surface area contributed by atoms with E-state index in [0.29, 0.717) is 6.42 Å². The van der Waals surface area contributed by atoms with E-state index in [9.17, 15) is 9.59 Å². The zero-order valence-electron chi connectivity index (χ0n) is 10.2. The maximum atomic E-state index is 12.0. The molecule has 16 heavy (non-hydrogen) atoms. The van der Waals surface area contributed by atoms with Crippen molar-refractivity contribution in [1.82, 2.24) is 10.2 Å². The van der Waals surface area contributed by atoms with Gasteiger partial charge in [0.1, 0.15) is 6.04 Å². The molecular formula is C11H20N2O2S. The summed E-state index contributed by atoms with van der Waals surface area (Å²) in [5.74, 6) is 1.04. The van der Waals surface area contributed by atoms with Gasteiger partial charge in [0.15, 0.2) is 0 Å². The zero-order valence-corrected chi connectivity index (χ0v) is 11.0. The molecule has 2 amide bonds. The van der Waals surface area contributed by atoms with E-state index in [1.807, 2.05) is 20.1 Å². The lowest BCUT2D eigenvalue weighted by Gasteiger charge is -2.36. The Morgan fingerprint density at radius 3 is 2.81 bits per heavy atom. The first-order valence-electron chi connectivity index (χ1n) is 5.69. The summed E-state index contributed by atoms with van der Waals surface area (Å²) in [6.45, 7) is 4.14. The second-order valence-corrected chi connectivity index (χ2v) is 5.11. The molecule has 1 N–H and O–H groups in total. The number of nitrogens with one attached hydrogen (secondary N) is 1. The largest absolute Gasteiger partial charge is 0.343 e. The maximum absolute atomic E-state index is 12.0. The molecule has 4 nitrogen and oxygen atoms in total. The summed E-state index contributed by atoms with van der Waals surface area (Å²) in [4.78, 5) is 25.2. The Hall–Kier alpha value is -0.710. The van der Waals surface area contributed by atoms with Crippen LogP contribution in [0.2, 0.25) is 0 Å². The number of hydrogen-bond donors (Lipinski definition) is 1. The molecular weight excluding hydrogens is 224 g/mol. The Bertz CT molecular complexity index is 271. The molecule has 2 atom stereocenters. The maximum Gasteiger partial charge on any atom is 0.245 e. The van der Waals surface area contributed by atoms with Crippen LogP contribution in [0.1, 0.15) is 26.7 Å². The summed E-state index contributed by atoms with van der Waals surface area (Å²) in [6.07, 6.45) is 3.65. The van der Waals surface area contributed by atoms with E-state index in [0.717, 1.165) is 12.2 Å². The third-order valence-electron chi connectivity index (χ3n) is 2.91. The lowest BCUT2D eigenvalue weighted by Crippen LogP contribution is -2.60. The van der Waals surface area contributed by atoms with Crippen molar-refractivity contribution in [3.63, 3.8) is 0 Å². The van der Waals surface area contributed by atoms with Crippen molar-refractivity contribution < 1.29 is 9.59 Å². The van der Waals surface area contributed by atoms with Crippen LogP contribution in [0.4, 0.5) is 0 Å². The van der Waals surface area contributed by atoms with Gasteiger partial charge >= 0.3 is 0 Å². The highest BCUT2D eigenvalue weighted by Crippen LogP contribution is 2.13. The van der Waals surface area contributed by atoms with Crippen LogP contribution in [0, 0.1) is 0 Å². The monoisotopic (exact) mass is 244 g/mol. The molecule has 1 rings (SSSR count). The molecule has 1 aliphatic rings. The summed E-state index contributed by atoms with van der Waals surface area (Å²) in [5.41, 5.74) is 0. The molecule has 1 saturated heterocycles. The Balaban J connectivity index is 2.62. The minimum absolute atomic E-state index is 0.0394. The van der Waals surface area contributed by atoms with Gasteiger partial charge in [0.05, 0.1) is 6.54 Å². The minimum Gasteiger partial charge on any atom is -0.343 e. The second-order valence-electron chi connectivity index (χ2n) is 4.12. The SMILES string of the molecule is CCC1NC(=O)CN(C(C)CCSC)C1=O. The molecule has 0 spiro atoms. The molecule has 2 unspecified atom stereocenters. The number of piperazine rings is 1. The fraction of sp³-hybridized carbons (Fsp3) is 0.818. The number of carbonyl (C=O) groups is 2. The van der Waals surface area contributed by atoms with E-state index in [1.165, 1.54) is 0 Å². The van der Waals surface area contributed by atoms with Gasteiger partial charge < -0.3 is 10.2 Å². The molecule has 92 valence electrons. The summed E-state index contributed by atoms with van der Waals surface area (Å²) < 4.78 is 0. The van der Waals surface area contributed by atoms with Crippen LogP contribution in [-0.2, 0) is 9.59 Å². The molecule has 0 bridgehead atoms. The third-order valence-corrected chi connectivity index (χ3v) is 3.55. The van der Waals surface area contributed by atoms with Crippen LogP contribution >= 0.6 is 11.8 Å². The number of hydrogen-bond acceptors (Lipinski definition) is 3. The summed E-state index contributed by atoms with van der Waals surface area (Å²) in [7, 11) is 0. The van der Waals surface area contributed by atoms with Crippen LogP contribution in [0.3, 0.4) is 0 Å². The Morgan fingerprint density at radius 1 is 1.56 bits per heavy atom. The van der Waals surface area contributed by atoms with Crippen LogP contribution in [-0.4, -0.2) is 47.4 Å². The highest BCUT2D eigenvalue weighted by molar-refractivity contribution is 7.98. The van der Waals surface area contributed by atoms with Gasteiger partial charge in [-0.3, -0.25) is 9.59 Å². The molecule has 1 fully saturated rings. The van der Waals surface area contributed by atoms with E-state index in [2.05, 4.69) is 5.32 Å². The molecule has 1 heterocycles. The van der Waals surface area contributed by atoms with Gasteiger partial charge in [-0.2, -0.15) is 11.8 Å². The van der Waals surface area contributed by atoms with Crippen molar-refractivity contribution in [3.05, 3.63) is 0 Å². The fourth-order valence-corrected chi connectivity index (χ4v) is 2.41. The van der Waals surface area contributed by atoms with E-state index >= 15 is 0 Å². The Kier molecular flexibility index (Phi) is 5.12. The van der Waals surface area contributed by atoms with Crippen molar-refractivity contribution in [2.24, 2.45) is 0 Å². The van der Waals surface area contributed by atoms with E-state index in [-0.39, 0.29) is 30.4 Å². The lowest BCUT2D eigenvalue weighted by molar-refractivity contribution is -0.146. The number of rotatable bonds is 5. The number of thioether (sulfide) groups is 1. The van der Waals surface area contributed by atoms with E-state index in [1.54, 1.807) is 16.7 Å². The minimum atomic E-state index is -0.321. The van der Waals surface area contributed by atoms with E-state index < -0.39 is 0 Å². The average Bonchev–Trinajstić information content (AvgIpc) is 2.28. The zero-order chi connectivity index (χ0) is 12.1. The average molecular weight is 244 g/mol. The Morgan fingerprint density at radius 2 is 2.25 bits per heavy atom. The standard InChI is InChI=1S/C11H20N2O2S/c1-4-9-11(15)13(7-10(14)12-9)8(2)5-6-16-3/h8-9H,4-7H2,1-3H3,(H,12,14). The third kappa shape index (κ3) is 3.14. The number of amides is 2. The van der Waals surface area contributed by atoms with Gasteiger partial charge in [0, 0.05) is 6.04 Å². The molecule has 0 aromatic carbocycles. The topological polar surface area (TPSA) is 49.4 Å².